The SMILES string of the molecule is COc1ccc2sc(S(=O)(=O)N3CCN(C(=O)Cn4cc(C)c(=O)[nH]c4=O)CC3=O)nc2c1Cl. The minimum Gasteiger partial charge on any atom is -0.495 e. The van der Waals surface area contributed by atoms with Crippen LogP contribution in [0.5, 0.6) is 5.75 Å². The number of nitrogens with one attached hydrogen (secondary N) is 1. The number of methoxy groups -OCH3 is 1. The number of aromatic nitrogens is 3. The summed E-state index contributed by atoms with van der Waals surface area (Å²) in [5.41, 5.74) is -0.833. The normalized spacial score (nSPS) is 14.6. The first kappa shape index (κ1) is 23.9. The maximum atomic E-state index is 13.1. The molecule has 1 N–H and O–H groups in total. The van der Waals surface area contributed by atoms with Crippen LogP contribution in [-0.2, 0) is 26.2 Å². The van der Waals surface area contributed by atoms with Crippen LogP contribution in [0.25, 0.3) is 10.2 Å². The Morgan fingerprint density at radius 1 is 1.26 bits per heavy atom. The molecule has 0 aliphatic carbocycles. The molecule has 12 nitrogen and oxygen atoms in total. The largest absolute Gasteiger partial charge is 0.495 e. The molecule has 0 saturated carbocycles. The molecule has 0 unspecified atom stereocenters. The number of benzene rings is 1. The van der Waals surface area contributed by atoms with Crippen LogP contribution in [-0.4, -0.2) is 70.7 Å². The second-order valence-electron chi connectivity index (χ2n) is 7.39. The summed E-state index contributed by atoms with van der Waals surface area (Å²) in [6, 6.07) is 3.21. The molecular weight excluding hydrogens is 510 g/mol. The highest BCUT2D eigenvalue weighted by molar-refractivity contribution is 7.91. The Balaban J connectivity index is 1.52. The van der Waals surface area contributed by atoms with Gasteiger partial charge in [0, 0.05) is 18.3 Å². The number of amides is 2. The highest BCUT2D eigenvalue weighted by Crippen LogP contribution is 2.37. The fraction of sp³-hybridized carbons (Fsp3) is 0.316. The van der Waals surface area contributed by atoms with E-state index in [9.17, 15) is 27.6 Å². The van der Waals surface area contributed by atoms with Crippen LogP contribution in [0.2, 0.25) is 5.02 Å². The van der Waals surface area contributed by atoms with Crippen molar-refractivity contribution >= 4 is 55.0 Å². The van der Waals surface area contributed by atoms with Crippen LogP contribution in [0.4, 0.5) is 0 Å². The van der Waals surface area contributed by atoms with Crippen molar-refractivity contribution < 1.29 is 22.7 Å². The van der Waals surface area contributed by atoms with E-state index in [1.54, 1.807) is 12.1 Å². The minimum atomic E-state index is -4.28. The first-order valence-electron chi connectivity index (χ1n) is 9.79. The third-order valence-electron chi connectivity index (χ3n) is 5.20. The van der Waals surface area contributed by atoms with Crippen molar-refractivity contribution in [3.63, 3.8) is 0 Å². The molecule has 1 aromatic carbocycles. The topological polar surface area (TPSA) is 152 Å². The van der Waals surface area contributed by atoms with Crippen molar-refractivity contribution in [2.24, 2.45) is 0 Å². The van der Waals surface area contributed by atoms with Gasteiger partial charge >= 0.3 is 5.69 Å². The molecule has 3 heterocycles. The number of aryl methyl sites for hydroxylation is 1. The summed E-state index contributed by atoms with van der Waals surface area (Å²) in [7, 11) is -2.85. The lowest BCUT2D eigenvalue weighted by molar-refractivity contribution is -0.142. The monoisotopic (exact) mass is 527 g/mol. The Hall–Kier alpha value is -3.23. The first-order valence-corrected chi connectivity index (χ1v) is 12.4. The standard InChI is InChI=1S/C19H18ClN5O7S2/c1-10-7-24(18(29)22-17(10)28)8-13(26)23-5-6-25(14(27)9-23)34(30,31)19-21-16-12(33-19)4-3-11(32-2)15(16)20/h3-4,7H,5-6,8-9H2,1-2H3,(H,22,28,29). The lowest BCUT2D eigenvalue weighted by Gasteiger charge is -2.33. The van der Waals surface area contributed by atoms with Gasteiger partial charge in [0.2, 0.25) is 10.2 Å². The number of hydrogen-bond acceptors (Lipinski definition) is 9. The molecule has 1 fully saturated rings. The van der Waals surface area contributed by atoms with E-state index < -0.39 is 46.2 Å². The number of thiazole rings is 1. The van der Waals surface area contributed by atoms with Crippen LogP contribution >= 0.6 is 22.9 Å². The minimum absolute atomic E-state index is 0.0691. The van der Waals surface area contributed by atoms with Crippen molar-refractivity contribution in [1.82, 2.24) is 23.7 Å². The van der Waals surface area contributed by atoms with E-state index in [0.29, 0.717) is 14.8 Å². The smallest absolute Gasteiger partial charge is 0.328 e. The third kappa shape index (κ3) is 4.19. The number of piperazine rings is 1. The van der Waals surface area contributed by atoms with Gasteiger partial charge in [-0.25, -0.2) is 14.1 Å². The van der Waals surface area contributed by atoms with Gasteiger partial charge in [-0.1, -0.05) is 11.6 Å². The molecule has 0 atom stereocenters. The van der Waals surface area contributed by atoms with Crippen LogP contribution in [0.3, 0.4) is 0 Å². The van der Waals surface area contributed by atoms with Crippen molar-refractivity contribution in [3.05, 3.63) is 49.8 Å². The molecule has 0 spiro atoms. The number of H-pyrrole nitrogens is 1. The van der Waals surface area contributed by atoms with Crippen LogP contribution in [0, 0.1) is 6.92 Å². The molecule has 34 heavy (non-hydrogen) atoms. The number of hydrogen-bond donors (Lipinski definition) is 1. The van der Waals surface area contributed by atoms with Crippen LogP contribution in [0.15, 0.2) is 32.3 Å². The lowest BCUT2D eigenvalue weighted by atomic mass is 10.3. The first-order chi connectivity index (χ1) is 16.0. The molecule has 180 valence electrons. The van der Waals surface area contributed by atoms with Gasteiger partial charge in [0.15, 0.2) is 0 Å². The average molecular weight is 528 g/mol. The van der Waals surface area contributed by atoms with Gasteiger partial charge in [-0.15, -0.1) is 11.3 Å². The summed E-state index contributed by atoms with van der Waals surface area (Å²) in [5.74, 6) is -1.05. The third-order valence-corrected chi connectivity index (χ3v) is 8.76. The number of rotatable bonds is 5. The Labute approximate surface area is 201 Å². The number of sulfonamides is 1. The second kappa shape index (κ2) is 8.85. The van der Waals surface area contributed by atoms with Gasteiger partial charge in [0.1, 0.15) is 29.4 Å². The summed E-state index contributed by atoms with van der Waals surface area (Å²) in [6.07, 6.45) is 1.24. The van der Waals surface area contributed by atoms with Gasteiger partial charge in [-0.2, -0.15) is 8.42 Å². The molecule has 0 bridgehead atoms. The van der Waals surface area contributed by atoms with Crippen molar-refractivity contribution in [1.29, 1.82) is 0 Å². The Morgan fingerprint density at radius 2 is 2.00 bits per heavy atom. The predicted octanol–water partition coefficient (Wildman–Crippen LogP) is 0.176. The molecule has 1 aliphatic rings. The van der Waals surface area contributed by atoms with E-state index in [1.165, 1.54) is 20.2 Å². The zero-order valence-electron chi connectivity index (χ0n) is 17.9. The van der Waals surface area contributed by atoms with E-state index in [4.69, 9.17) is 16.3 Å². The van der Waals surface area contributed by atoms with E-state index >= 15 is 0 Å². The zero-order valence-corrected chi connectivity index (χ0v) is 20.3. The molecule has 4 rings (SSSR count). The zero-order chi connectivity index (χ0) is 24.8. The summed E-state index contributed by atoms with van der Waals surface area (Å²) in [6.45, 7) is 0.237. The van der Waals surface area contributed by atoms with Gasteiger partial charge in [-0.05, 0) is 19.1 Å². The number of fused-ring (bicyclic) bond motifs is 1. The quantitative estimate of drug-likeness (QED) is 0.493. The van der Waals surface area contributed by atoms with Crippen molar-refractivity contribution in [3.8, 4) is 5.75 Å². The van der Waals surface area contributed by atoms with E-state index in [0.717, 1.165) is 20.8 Å². The lowest BCUT2D eigenvalue weighted by Crippen LogP contribution is -2.54. The molecule has 1 aliphatic heterocycles. The molecule has 0 radical (unpaired) electrons. The van der Waals surface area contributed by atoms with Crippen LogP contribution in [0.1, 0.15) is 5.56 Å². The molecule has 3 aromatic rings. The summed E-state index contributed by atoms with van der Waals surface area (Å²) in [5, 5.41) is 0.159. The summed E-state index contributed by atoms with van der Waals surface area (Å²) >= 11 is 7.09. The Morgan fingerprint density at radius 3 is 2.68 bits per heavy atom. The second-order valence-corrected chi connectivity index (χ2v) is 10.8. The van der Waals surface area contributed by atoms with E-state index in [1.807, 2.05) is 0 Å². The van der Waals surface area contributed by atoms with E-state index in [2.05, 4.69) is 9.97 Å². The van der Waals surface area contributed by atoms with Gasteiger partial charge in [0.05, 0.1) is 18.4 Å². The number of carbonyl (C=O) groups is 2. The fourth-order valence-corrected chi connectivity index (χ4v) is 6.44. The maximum absolute atomic E-state index is 13.1. The molecule has 1 saturated heterocycles. The molecular formula is C19H18ClN5O7S2. The number of carbonyl (C=O) groups excluding carboxylic acids is 2. The number of aromatic amines is 1. The predicted molar refractivity (Wildman–Crippen MR) is 123 cm³/mol. The van der Waals surface area contributed by atoms with Crippen molar-refractivity contribution in [2.75, 3.05) is 26.7 Å². The molecule has 2 amide bonds. The molecule has 15 heteroatoms. The maximum Gasteiger partial charge on any atom is 0.328 e. The number of ether oxygens (including phenoxy) is 1. The fourth-order valence-electron chi connectivity index (χ4n) is 3.39. The number of halogens is 1. The summed E-state index contributed by atoms with van der Waals surface area (Å²) in [4.78, 5) is 56.1. The highest BCUT2D eigenvalue weighted by Gasteiger charge is 2.37. The van der Waals surface area contributed by atoms with Gasteiger partial charge in [-0.3, -0.25) is 23.9 Å². The van der Waals surface area contributed by atoms with Crippen LogP contribution < -0.4 is 16.0 Å². The Kier molecular flexibility index (Phi) is 6.22. The average Bonchev–Trinajstić information content (AvgIpc) is 3.24. The van der Waals surface area contributed by atoms with E-state index in [-0.39, 0.29) is 33.5 Å². The molecule has 2 aromatic heterocycles. The summed E-state index contributed by atoms with van der Waals surface area (Å²) < 4.78 is 33.2. The highest BCUT2D eigenvalue weighted by atomic mass is 35.5. The number of nitrogens with zero attached hydrogens (tertiary/aromatic N) is 4. The van der Waals surface area contributed by atoms with Gasteiger partial charge in [0.25, 0.3) is 21.5 Å². The van der Waals surface area contributed by atoms with Gasteiger partial charge < -0.3 is 9.64 Å². The van der Waals surface area contributed by atoms with Crippen molar-refractivity contribution in [2.45, 2.75) is 17.8 Å². The Bertz CT molecular complexity index is 1540.